The Labute approximate surface area is 165 Å². The van der Waals surface area contributed by atoms with Gasteiger partial charge in [0, 0.05) is 13.1 Å². The molecule has 8 N–H and O–H groups in total. The number of hydrogen-bond acceptors (Lipinski definition) is 9. The average molecular weight is 409 g/mol. The number of aromatic nitrogens is 3. The van der Waals surface area contributed by atoms with E-state index in [0.717, 1.165) is 0 Å². The van der Waals surface area contributed by atoms with Crippen molar-refractivity contribution in [2.75, 3.05) is 0 Å². The summed E-state index contributed by atoms with van der Waals surface area (Å²) in [6, 6.07) is 2.32. The number of primary amides is 1. The van der Waals surface area contributed by atoms with E-state index in [-0.39, 0.29) is 24.2 Å². The first-order chi connectivity index (χ1) is 13.6. The summed E-state index contributed by atoms with van der Waals surface area (Å²) in [5, 5.41) is 26.4. The van der Waals surface area contributed by atoms with E-state index in [1.165, 1.54) is 13.8 Å². The number of hydrogen-bond donors (Lipinski definition) is 6. The summed E-state index contributed by atoms with van der Waals surface area (Å²) in [5.41, 5.74) is 11.0. The van der Waals surface area contributed by atoms with E-state index >= 15 is 0 Å². The van der Waals surface area contributed by atoms with Gasteiger partial charge in [-0.05, 0) is 19.1 Å². The zero-order valence-corrected chi connectivity index (χ0v) is 15.8. The number of aliphatic hydroxyl groups excluding tert-OH is 1. The Kier molecular flexibility index (Phi) is 9.15. The summed E-state index contributed by atoms with van der Waals surface area (Å²) in [6.45, 7) is 2.42. The Balaban J connectivity index is 0.000000960. The fraction of sp³-hybridized carbons (Fsp3) is 0.375. The van der Waals surface area contributed by atoms with E-state index in [4.69, 9.17) is 15.4 Å². The van der Waals surface area contributed by atoms with Crippen molar-refractivity contribution in [3.63, 3.8) is 0 Å². The predicted molar refractivity (Wildman–Crippen MR) is 97.9 cm³/mol. The van der Waals surface area contributed by atoms with Crippen molar-refractivity contribution in [2.24, 2.45) is 11.5 Å². The Hall–Kier alpha value is -3.58. The number of carbonyl (C=O) groups is 3. The van der Waals surface area contributed by atoms with Crippen LogP contribution in [0.25, 0.3) is 0 Å². The van der Waals surface area contributed by atoms with Crippen molar-refractivity contribution in [2.45, 2.75) is 38.6 Å². The second kappa shape index (κ2) is 11.3. The van der Waals surface area contributed by atoms with E-state index in [2.05, 4.69) is 31.5 Å². The quantitative estimate of drug-likeness (QED) is 0.315. The fourth-order valence-electron chi connectivity index (χ4n) is 1.90. The molecule has 0 aliphatic carbocycles. The van der Waals surface area contributed by atoms with Gasteiger partial charge in [0.15, 0.2) is 11.9 Å². The second-order valence-electron chi connectivity index (χ2n) is 5.77. The molecule has 0 saturated carbocycles. The van der Waals surface area contributed by atoms with Crippen LogP contribution in [0, 0.1) is 0 Å². The third-order valence-electron chi connectivity index (χ3n) is 3.20. The maximum absolute atomic E-state index is 11.7. The molecule has 2 unspecified atom stereocenters. The molecule has 0 saturated heterocycles. The van der Waals surface area contributed by atoms with Crippen LogP contribution in [0.15, 0.2) is 28.9 Å². The number of pyridine rings is 1. The van der Waals surface area contributed by atoms with E-state index in [1.807, 2.05) is 0 Å². The standard InChI is InChI=1S/C14H18N6O5.C2H5NO/c1-7(21)11(13(22)23)19-14(24)17-6-9-18-12(20-25-9)10(15)8-4-2-3-5-16-8;1-2(3)4/h2-5,7,10-11,21H,6,15H2,1H3,(H,22,23)(H2,17,19,24);1H3,(H2,3,4)/t7?,10?,11-;/m1./s1. The van der Waals surface area contributed by atoms with Crippen molar-refractivity contribution < 1.29 is 29.1 Å². The molecule has 0 fully saturated rings. The van der Waals surface area contributed by atoms with Crippen LogP contribution in [0.1, 0.15) is 37.3 Å². The van der Waals surface area contributed by atoms with Crippen LogP contribution >= 0.6 is 0 Å². The van der Waals surface area contributed by atoms with Gasteiger partial charge in [0.05, 0.1) is 18.3 Å². The molecule has 0 spiro atoms. The number of amides is 3. The molecule has 0 radical (unpaired) electrons. The molecule has 158 valence electrons. The maximum Gasteiger partial charge on any atom is 0.328 e. The molecule has 0 aliphatic heterocycles. The molecule has 0 bridgehead atoms. The van der Waals surface area contributed by atoms with Gasteiger partial charge in [0.25, 0.3) is 0 Å². The SMILES string of the molecule is CC(N)=O.CC(O)[C@@H](NC(=O)NCc1nc(C(N)c2ccccn2)no1)C(=O)O. The summed E-state index contributed by atoms with van der Waals surface area (Å²) in [6.07, 6.45) is 0.331. The van der Waals surface area contributed by atoms with Crippen LogP contribution in [0.3, 0.4) is 0 Å². The van der Waals surface area contributed by atoms with Crippen molar-refractivity contribution >= 4 is 17.9 Å². The first kappa shape index (κ1) is 23.5. The van der Waals surface area contributed by atoms with Gasteiger partial charge in [-0.15, -0.1) is 0 Å². The first-order valence-corrected chi connectivity index (χ1v) is 8.32. The molecule has 2 aromatic heterocycles. The molecule has 3 atom stereocenters. The number of aliphatic carboxylic acids is 1. The minimum atomic E-state index is -1.43. The Morgan fingerprint density at radius 1 is 1.31 bits per heavy atom. The van der Waals surface area contributed by atoms with E-state index in [0.29, 0.717) is 5.69 Å². The summed E-state index contributed by atoms with van der Waals surface area (Å²) in [5.74, 6) is -1.41. The zero-order chi connectivity index (χ0) is 22.0. The molecular formula is C16H23N7O6. The highest BCUT2D eigenvalue weighted by Gasteiger charge is 2.25. The van der Waals surface area contributed by atoms with Gasteiger partial charge in [-0.3, -0.25) is 9.78 Å². The third-order valence-corrected chi connectivity index (χ3v) is 3.20. The number of carboxylic acid groups (broad SMARTS) is 1. The van der Waals surface area contributed by atoms with Gasteiger partial charge < -0.3 is 36.8 Å². The molecule has 3 amide bonds. The van der Waals surface area contributed by atoms with Gasteiger partial charge in [0.1, 0.15) is 6.04 Å². The van der Waals surface area contributed by atoms with Gasteiger partial charge in [-0.25, -0.2) is 9.59 Å². The predicted octanol–water partition coefficient (Wildman–Crippen LogP) is -1.36. The summed E-state index contributed by atoms with van der Waals surface area (Å²) in [4.78, 5) is 40.0. The van der Waals surface area contributed by atoms with Gasteiger partial charge in [0.2, 0.25) is 11.8 Å². The Morgan fingerprint density at radius 3 is 2.48 bits per heavy atom. The molecule has 2 aromatic rings. The number of nitrogens with one attached hydrogen (secondary N) is 2. The monoisotopic (exact) mass is 409 g/mol. The summed E-state index contributed by atoms with van der Waals surface area (Å²) >= 11 is 0. The second-order valence-corrected chi connectivity index (χ2v) is 5.77. The topological polar surface area (TPSA) is 220 Å². The highest BCUT2D eigenvalue weighted by molar-refractivity contribution is 5.82. The molecule has 29 heavy (non-hydrogen) atoms. The minimum Gasteiger partial charge on any atom is -0.480 e. The van der Waals surface area contributed by atoms with E-state index in [9.17, 15) is 19.5 Å². The lowest BCUT2D eigenvalue weighted by Crippen LogP contribution is -2.51. The number of aliphatic hydroxyl groups is 1. The molecule has 0 aliphatic rings. The lowest BCUT2D eigenvalue weighted by Gasteiger charge is -2.16. The van der Waals surface area contributed by atoms with Crippen LogP contribution in [-0.4, -0.2) is 55.4 Å². The van der Waals surface area contributed by atoms with E-state index in [1.54, 1.807) is 24.4 Å². The number of urea groups is 1. The van der Waals surface area contributed by atoms with Crippen LogP contribution in [0.2, 0.25) is 0 Å². The average Bonchev–Trinajstić information content (AvgIpc) is 3.12. The number of carboxylic acids is 1. The molecule has 13 heteroatoms. The van der Waals surface area contributed by atoms with Crippen molar-refractivity contribution in [1.29, 1.82) is 0 Å². The number of carbonyl (C=O) groups excluding carboxylic acids is 2. The number of nitrogens with two attached hydrogens (primary N) is 2. The molecule has 0 aromatic carbocycles. The van der Waals surface area contributed by atoms with Crippen molar-refractivity contribution in [3.05, 3.63) is 41.8 Å². The largest absolute Gasteiger partial charge is 0.480 e. The van der Waals surface area contributed by atoms with E-state index < -0.39 is 30.2 Å². The minimum absolute atomic E-state index is 0.0838. The zero-order valence-electron chi connectivity index (χ0n) is 15.8. The molecule has 2 rings (SSSR count). The Morgan fingerprint density at radius 2 is 1.97 bits per heavy atom. The van der Waals surface area contributed by atoms with Gasteiger partial charge in [-0.1, -0.05) is 11.2 Å². The number of nitrogens with zero attached hydrogens (tertiary/aromatic N) is 3. The molecular weight excluding hydrogens is 386 g/mol. The summed E-state index contributed by atoms with van der Waals surface area (Å²) < 4.78 is 4.98. The van der Waals surface area contributed by atoms with Crippen molar-refractivity contribution in [1.82, 2.24) is 25.8 Å². The van der Waals surface area contributed by atoms with Gasteiger partial charge in [-0.2, -0.15) is 4.98 Å². The smallest absolute Gasteiger partial charge is 0.328 e. The highest BCUT2D eigenvalue weighted by Crippen LogP contribution is 2.14. The first-order valence-electron chi connectivity index (χ1n) is 8.32. The molecule has 2 heterocycles. The number of rotatable bonds is 7. The van der Waals surface area contributed by atoms with Crippen LogP contribution < -0.4 is 22.1 Å². The Bertz CT molecular complexity index is 807. The lowest BCUT2D eigenvalue weighted by atomic mass is 10.2. The lowest BCUT2D eigenvalue weighted by molar-refractivity contribution is -0.141. The van der Waals surface area contributed by atoms with Crippen LogP contribution in [0.4, 0.5) is 4.79 Å². The van der Waals surface area contributed by atoms with Crippen LogP contribution in [0.5, 0.6) is 0 Å². The van der Waals surface area contributed by atoms with Crippen LogP contribution in [-0.2, 0) is 16.1 Å². The normalized spacial score (nSPS) is 13.2. The fourth-order valence-corrected chi connectivity index (χ4v) is 1.90. The molecule has 13 nitrogen and oxygen atoms in total. The van der Waals surface area contributed by atoms with Crippen molar-refractivity contribution in [3.8, 4) is 0 Å². The maximum atomic E-state index is 11.7. The summed E-state index contributed by atoms with van der Waals surface area (Å²) in [7, 11) is 0. The highest BCUT2D eigenvalue weighted by atomic mass is 16.5. The third kappa shape index (κ3) is 8.32. The van der Waals surface area contributed by atoms with Gasteiger partial charge >= 0.3 is 12.0 Å².